The number of rotatable bonds is 3. The minimum atomic E-state index is 0.0335. The molecular weight excluding hydrogens is 188 g/mol. The number of aryl methyl sites for hydroxylation is 1. The molecule has 0 saturated carbocycles. The summed E-state index contributed by atoms with van der Waals surface area (Å²) in [5, 5.41) is 9.08. The van der Waals surface area contributed by atoms with Crippen molar-refractivity contribution < 1.29 is 5.11 Å². The molecule has 3 nitrogen and oxygen atoms in total. The first-order chi connectivity index (χ1) is 7.29. The summed E-state index contributed by atoms with van der Waals surface area (Å²) < 4.78 is 1.95. The highest BCUT2D eigenvalue weighted by atomic mass is 16.3. The van der Waals surface area contributed by atoms with Crippen molar-refractivity contribution in [2.45, 2.75) is 20.1 Å². The van der Waals surface area contributed by atoms with Crippen molar-refractivity contribution in [2.24, 2.45) is 0 Å². The Hall–Kier alpha value is -1.61. The number of nitrogens with zero attached hydrogens (tertiary/aromatic N) is 2. The zero-order chi connectivity index (χ0) is 10.7. The van der Waals surface area contributed by atoms with Gasteiger partial charge >= 0.3 is 0 Å². The summed E-state index contributed by atoms with van der Waals surface area (Å²) in [7, 11) is 0. The summed E-state index contributed by atoms with van der Waals surface area (Å²) in [5.74, 6) is 0. The second kappa shape index (κ2) is 4.28. The summed E-state index contributed by atoms with van der Waals surface area (Å²) >= 11 is 0. The molecule has 0 radical (unpaired) electrons. The van der Waals surface area contributed by atoms with Crippen LogP contribution in [0.1, 0.15) is 16.8 Å². The van der Waals surface area contributed by atoms with Crippen LogP contribution in [0.2, 0.25) is 0 Å². The second-order valence-electron chi connectivity index (χ2n) is 3.66. The number of imidazole rings is 1. The maximum atomic E-state index is 9.08. The van der Waals surface area contributed by atoms with Crippen LogP contribution in [-0.2, 0) is 13.2 Å². The van der Waals surface area contributed by atoms with Crippen LogP contribution in [0.15, 0.2) is 36.8 Å². The lowest BCUT2D eigenvalue weighted by molar-refractivity contribution is 0.271. The first kappa shape index (κ1) is 9.93. The van der Waals surface area contributed by atoms with E-state index in [1.807, 2.05) is 10.6 Å². The summed E-state index contributed by atoms with van der Waals surface area (Å²) in [6, 6.07) is 8.33. The highest BCUT2D eigenvalue weighted by molar-refractivity contribution is 5.22. The van der Waals surface area contributed by atoms with E-state index in [0.717, 1.165) is 12.2 Å². The van der Waals surface area contributed by atoms with Gasteiger partial charge in [0.15, 0.2) is 0 Å². The van der Waals surface area contributed by atoms with Gasteiger partial charge in [0.05, 0.1) is 24.8 Å². The monoisotopic (exact) mass is 202 g/mol. The highest BCUT2D eigenvalue weighted by Gasteiger charge is 2.01. The fourth-order valence-corrected chi connectivity index (χ4v) is 1.63. The molecule has 0 atom stereocenters. The van der Waals surface area contributed by atoms with Gasteiger partial charge in [0.1, 0.15) is 0 Å². The number of aliphatic hydroxyl groups is 1. The molecule has 0 aliphatic rings. The molecule has 0 fully saturated rings. The van der Waals surface area contributed by atoms with Crippen molar-refractivity contribution in [2.75, 3.05) is 0 Å². The molecule has 1 aromatic heterocycles. The van der Waals surface area contributed by atoms with E-state index in [1.54, 1.807) is 12.5 Å². The van der Waals surface area contributed by atoms with E-state index in [0.29, 0.717) is 0 Å². The molecule has 0 amide bonds. The Morgan fingerprint density at radius 3 is 3.00 bits per heavy atom. The highest BCUT2D eigenvalue weighted by Crippen LogP contribution is 2.08. The molecule has 1 aromatic carbocycles. The zero-order valence-electron chi connectivity index (χ0n) is 8.72. The SMILES string of the molecule is Cc1cccc(Cn2cncc2CO)c1. The van der Waals surface area contributed by atoms with Crippen LogP contribution >= 0.6 is 0 Å². The average molecular weight is 202 g/mol. The van der Waals surface area contributed by atoms with Crippen molar-refractivity contribution in [3.8, 4) is 0 Å². The Morgan fingerprint density at radius 1 is 1.40 bits per heavy atom. The maximum Gasteiger partial charge on any atom is 0.0952 e. The molecule has 0 unspecified atom stereocenters. The largest absolute Gasteiger partial charge is 0.390 e. The number of hydrogen-bond donors (Lipinski definition) is 1. The molecule has 2 aromatic rings. The van der Waals surface area contributed by atoms with Gasteiger partial charge in [-0.1, -0.05) is 29.8 Å². The average Bonchev–Trinajstić information content (AvgIpc) is 2.65. The van der Waals surface area contributed by atoms with Crippen LogP contribution in [0.25, 0.3) is 0 Å². The van der Waals surface area contributed by atoms with Crippen LogP contribution < -0.4 is 0 Å². The lowest BCUT2D eigenvalue weighted by Gasteiger charge is -2.06. The number of aliphatic hydroxyl groups excluding tert-OH is 1. The minimum absolute atomic E-state index is 0.0335. The molecular formula is C12H14N2O. The fraction of sp³-hybridized carbons (Fsp3) is 0.250. The van der Waals surface area contributed by atoms with Crippen molar-refractivity contribution in [3.05, 3.63) is 53.6 Å². The van der Waals surface area contributed by atoms with Gasteiger partial charge in [0, 0.05) is 6.54 Å². The Kier molecular flexibility index (Phi) is 2.83. The van der Waals surface area contributed by atoms with Gasteiger partial charge in [0.25, 0.3) is 0 Å². The summed E-state index contributed by atoms with van der Waals surface area (Å²) in [6.07, 6.45) is 3.43. The molecule has 3 heteroatoms. The van der Waals surface area contributed by atoms with Crippen LogP contribution in [0, 0.1) is 6.92 Å². The summed E-state index contributed by atoms with van der Waals surface area (Å²) in [6.45, 7) is 2.87. The standard InChI is InChI=1S/C12H14N2O/c1-10-3-2-4-11(5-10)7-14-9-13-6-12(14)8-15/h2-6,9,15H,7-8H2,1H3. The van der Waals surface area contributed by atoms with E-state index in [2.05, 4.69) is 30.1 Å². The lowest BCUT2D eigenvalue weighted by atomic mass is 10.1. The molecule has 0 saturated heterocycles. The van der Waals surface area contributed by atoms with Crippen LogP contribution in [0.3, 0.4) is 0 Å². The van der Waals surface area contributed by atoms with Gasteiger partial charge in [-0.15, -0.1) is 0 Å². The van der Waals surface area contributed by atoms with E-state index in [4.69, 9.17) is 5.11 Å². The third-order valence-electron chi connectivity index (χ3n) is 2.40. The lowest BCUT2D eigenvalue weighted by Crippen LogP contribution is -2.03. The number of aromatic nitrogens is 2. The van der Waals surface area contributed by atoms with Crippen molar-refractivity contribution in [1.82, 2.24) is 9.55 Å². The molecule has 0 bridgehead atoms. The summed E-state index contributed by atoms with van der Waals surface area (Å²) in [4.78, 5) is 4.01. The van der Waals surface area contributed by atoms with E-state index < -0.39 is 0 Å². The third kappa shape index (κ3) is 2.25. The van der Waals surface area contributed by atoms with Crippen molar-refractivity contribution >= 4 is 0 Å². The van der Waals surface area contributed by atoms with Gasteiger partial charge in [-0.25, -0.2) is 4.98 Å². The van der Waals surface area contributed by atoms with Crippen LogP contribution in [0.4, 0.5) is 0 Å². The van der Waals surface area contributed by atoms with Gasteiger partial charge in [0.2, 0.25) is 0 Å². The first-order valence-electron chi connectivity index (χ1n) is 4.95. The minimum Gasteiger partial charge on any atom is -0.390 e. The smallest absolute Gasteiger partial charge is 0.0952 e. The maximum absolute atomic E-state index is 9.08. The van der Waals surface area contributed by atoms with Gasteiger partial charge in [-0.05, 0) is 12.5 Å². The third-order valence-corrected chi connectivity index (χ3v) is 2.40. The fourth-order valence-electron chi connectivity index (χ4n) is 1.63. The van der Waals surface area contributed by atoms with E-state index in [-0.39, 0.29) is 6.61 Å². The van der Waals surface area contributed by atoms with Crippen molar-refractivity contribution in [1.29, 1.82) is 0 Å². The van der Waals surface area contributed by atoms with Crippen molar-refractivity contribution in [3.63, 3.8) is 0 Å². The molecule has 0 aliphatic carbocycles. The van der Waals surface area contributed by atoms with E-state index in [9.17, 15) is 0 Å². The quantitative estimate of drug-likeness (QED) is 0.823. The Bertz CT molecular complexity index is 448. The van der Waals surface area contributed by atoms with Gasteiger partial charge < -0.3 is 9.67 Å². The molecule has 2 rings (SSSR count). The Morgan fingerprint density at radius 2 is 2.27 bits per heavy atom. The Labute approximate surface area is 89.0 Å². The molecule has 1 N–H and O–H groups in total. The summed E-state index contributed by atoms with van der Waals surface area (Å²) in [5.41, 5.74) is 3.32. The first-order valence-corrected chi connectivity index (χ1v) is 4.95. The van der Waals surface area contributed by atoms with Gasteiger partial charge in [-0.2, -0.15) is 0 Å². The molecule has 0 spiro atoms. The van der Waals surface area contributed by atoms with Gasteiger partial charge in [-0.3, -0.25) is 0 Å². The van der Waals surface area contributed by atoms with E-state index in [1.165, 1.54) is 11.1 Å². The van der Waals surface area contributed by atoms with Crippen LogP contribution in [-0.4, -0.2) is 14.7 Å². The predicted octanol–water partition coefficient (Wildman–Crippen LogP) is 1.73. The Balaban J connectivity index is 2.22. The normalized spacial score (nSPS) is 10.5. The molecule has 0 aliphatic heterocycles. The number of benzene rings is 1. The van der Waals surface area contributed by atoms with E-state index >= 15 is 0 Å². The second-order valence-corrected chi connectivity index (χ2v) is 3.66. The topological polar surface area (TPSA) is 38.0 Å². The molecule has 78 valence electrons. The zero-order valence-corrected chi connectivity index (χ0v) is 8.72. The predicted molar refractivity (Wildman–Crippen MR) is 58.4 cm³/mol. The van der Waals surface area contributed by atoms with Crippen LogP contribution in [0.5, 0.6) is 0 Å². The molecule has 1 heterocycles. The molecule has 15 heavy (non-hydrogen) atoms. The number of hydrogen-bond acceptors (Lipinski definition) is 2.